The van der Waals surface area contributed by atoms with Crippen molar-refractivity contribution in [2.45, 2.75) is 20.4 Å². The van der Waals surface area contributed by atoms with Gasteiger partial charge in [-0.05, 0) is 6.54 Å². The average molecular weight is 240 g/mol. The highest BCUT2D eigenvalue weighted by atomic mass is 32.1. The van der Waals surface area contributed by atoms with E-state index in [1.165, 1.54) is 5.56 Å². The Balaban J connectivity index is 2.52. The van der Waals surface area contributed by atoms with Crippen LogP contribution in [0, 0.1) is 5.92 Å². The number of aromatic nitrogens is 2. The lowest BCUT2D eigenvalue weighted by Crippen LogP contribution is -2.33. The van der Waals surface area contributed by atoms with Crippen LogP contribution < -0.4 is 5.73 Å². The Morgan fingerprint density at radius 2 is 2.38 bits per heavy atom. The van der Waals surface area contributed by atoms with E-state index in [0.29, 0.717) is 4.99 Å². The summed E-state index contributed by atoms with van der Waals surface area (Å²) in [5.41, 5.74) is 6.85. The van der Waals surface area contributed by atoms with Crippen LogP contribution in [-0.4, -0.2) is 32.8 Å². The van der Waals surface area contributed by atoms with Gasteiger partial charge in [-0.3, -0.25) is 9.58 Å². The van der Waals surface area contributed by atoms with Crippen LogP contribution >= 0.6 is 12.2 Å². The molecule has 4 nitrogen and oxygen atoms in total. The Morgan fingerprint density at radius 3 is 2.81 bits per heavy atom. The van der Waals surface area contributed by atoms with Crippen molar-refractivity contribution in [2.24, 2.45) is 18.7 Å². The molecule has 0 spiro atoms. The van der Waals surface area contributed by atoms with Crippen LogP contribution in [0.15, 0.2) is 12.4 Å². The Kier molecular flexibility index (Phi) is 4.89. The molecule has 1 rings (SSSR count). The van der Waals surface area contributed by atoms with Gasteiger partial charge in [0.25, 0.3) is 0 Å². The van der Waals surface area contributed by atoms with Crippen LogP contribution in [0.4, 0.5) is 0 Å². The Morgan fingerprint density at radius 1 is 1.69 bits per heavy atom. The molecule has 5 heteroatoms. The molecule has 1 aromatic heterocycles. The fourth-order valence-electron chi connectivity index (χ4n) is 1.59. The molecule has 1 unspecified atom stereocenters. The van der Waals surface area contributed by atoms with Crippen LogP contribution in [0.1, 0.15) is 19.4 Å². The Bertz CT molecular complexity index is 348. The molecule has 2 N–H and O–H groups in total. The summed E-state index contributed by atoms with van der Waals surface area (Å²) >= 11 is 4.99. The number of nitrogens with two attached hydrogens (primary N) is 1. The van der Waals surface area contributed by atoms with E-state index in [-0.39, 0.29) is 5.92 Å². The van der Waals surface area contributed by atoms with Crippen molar-refractivity contribution in [3.8, 4) is 0 Å². The van der Waals surface area contributed by atoms with Gasteiger partial charge in [0.2, 0.25) is 0 Å². The molecule has 0 bridgehead atoms. The van der Waals surface area contributed by atoms with Gasteiger partial charge >= 0.3 is 0 Å². The van der Waals surface area contributed by atoms with E-state index in [9.17, 15) is 0 Å². The monoisotopic (exact) mass is 240 g/mol. The summed E-state index contributed by atoms with van der Waals surface area (Å²) in [7, 11) is 1.93. The second-order valence-electron chi connectivity index (χ2n) is 4.15. The molecule has 0 saturated carbocycles. The van der Waals surface area contributed by atoms with Crippen molar-refractivity contribution >= 4 is 17.2 Å². The van der Waals surface area contributed by atoms with Gasteiger partial charge in [0, 0.05) is 37.8 Å². The molecule has 90 valence electrons. The molecule has 0 fully saturated rings. The maximum absolute atomic E-state index is 5.62. The van der Waals surface area contributed by atoms with Crippen molar-refractivity contribution in [2.75, 3.05) is 13.1 Å². The first-order chi connectivity index (χ1) is 7.52. The summed E-state index contributed by atoms with van der Waals surface area (Å²) in [5, 5.41) is 4.16. The van der Waals surface area contributed by atoms with Crippen molar-refractivity contribution in [3.63, 3.8) is 0 Å². The maximum Gasteiger partial charge on any atom is 0.0768 e. The summed E-state index contributed by atoms with van der Waals surface area (Å²) in [6, 6.07) is 0. The molecule has 1 aromatic rings. The fourth-order valence-corrected chi connectivity index (χ4v) is 1.67. The number of hydrogen-bond acceptors (Lipinski definition) is 3. The molecule has 0 aliphatic carbocycles. The standard InChI is InChI=1S/C11H20N4S/c1-4-15(6-9(2)11(12)16)8-10-5-13-14(3)7-10/h5,7,9H,4,6,8H2,1-3H3,(H2,12,16). The van der Waals surface area contributed by atoms with E-state index in [1.54, 1.807) is 0 Å². The second kappa shape index (κ2) is 5.96. The smallest absolute Gasteiger partial charge is 0.0768 e. The van der Waals surface area contributed by atoms with E-state index in [2.05, 4.69) is 23.8 Å². The second-order valence-corrected chi connectivity index (χ2v) is 4.62. The van der Waals surface area contributed by atoms with Gasteiger partial charge < -0.3 is 5.73 Å². The number of aryl methyl sites for hydroxylation is 1. The number of thiocarbonyl (C=S) groups is 1. The molecular formula is C11H20N4S. The van der Waals surface area contributed by atoms with E-state index in [1.807, 2.05) is 24.1 Å². The van der Waals surface area contributed by atoms with Crippen LogP contribution in [0.5, 0.6) is 0 Å². The summed E-state index contributed by atoms with van der Waals surface area (Å²) in [6.07, 6.45) is 3.93. The predicted octanol–water partition coefficient (Wildman–Crippen LogP) is 1.16. The molecule has 1 heterocycles. The minimum Gasteiger partial charge on any atom is -0.393 e. The molecule has 16 heavy (non-hydrogen) atoms. The van der Waals surface area contributed by atoms with Crippen molar-refractivity contribution in [3.05, 3.63) is 18.0 Å². The highest BCUT2D eigenvalue weighted by molar-refractivity contribution is 7.80. The van der Waals surface area contributed by atoms with Crippen molar-refractivity contribution in [1.82, 2.24) is 14.7 Å². The normalized spacial score (nSPS) is 13.0. The third-order valence-electron chi connectivity index (χ3n) is 2.63. The first kappa shape index (κ1) is 13.1. The average Bonchev–Trinajstić information content (AvgIpc) is 2.62. The van der Waals surface area contributed by atoms with E-state index >= 15 is 0 Å². The highest BCUT2D eigenvalue weighted by Crippen LogP contribution is 2.06. The lowest BCUT2D eigenvalue weighted by Gasteiger charge is -2.23. The molecular weight excluding hydrogens is 220 g/mol. The zero-order valence-electron chi connectivity index (χ0n) is 10.2. The molecule has 0 amide bonds. The zero-order chi connectivity index (χ0) is 12.1. The molecule has 1 atom stereocenters. The quantitative estimate of drug-likeness (QED) is 0.758. The predicted molar refractivity (Wildman–Crippen MR) is 70.1 cm³/mol. The van der Waals surface area contributed by atoms with Gasteiger partial charge in [-0.25, -0.2) is 0 Å². The summed E-state index contributed by atoms with van der Waals surface area (Å²) in [6.45, 7) is 7.00. The zero-order valence-corrected chi connectivity index (χ0v) is 11.0. The highest BCUT2D eigenvalue weighted by Gasteiger charge is 2.11. The number of nitrogens with zero attached hydrogens (tertiary/aromatic N) is 3. The van der Waals surface area contributed by atoms with Crippen LogP contribution in [0.2, 0.25) is 0 Å². The van der Waals surface area contributed by atoms with Gasteiger partial charge in [-0.15, -0.1) is 0 Å². The van der Waals surface area contributed by atoms with Crippen LogP contribution in [0.25, 0.3) is 0 Å². The largest absolute Gasteiger partial charge is 0.393 e. The maximum atomic E-state index is 5.62. The summed E-state index contributed by atoms with van der Waals surface area (Å²) < 4.78 is 1.82. The third-order valence-corrected chi connectivity index (χ3v) is 3.03. The van der Waals surface area contributed by atoms with Gasteiger partial charge in [0.1, 0.15) is 0 Å². The summed E-state index contributed by atoms with van der Waals surface area (Å²) in [5.74, 6) is 0.256. The molecule has 0 aliphatic rings. The SMILES string of the molecule is CCN(Cc1cnn(C)c1)CC(C)C(N)=S. The molecule has 0 aliphatic heterocycles. The minimum absolute atomic E-state index is 0.256. The molecule has 0 aromatic carbocycles. The molecule has 0 radical (unpaired) electrons. The minimum atomic E-state index is 0.256. The Labute approximate surface area is 102 Å². The van der Waals surface area contributed by atoms with E-state index in [4.69, 9.17) is 18.0 Å². The van der Waals surface area contributed by atoms with Gasteiger partial charge in [0.15, 0.2) is 0 Å². The summed E-state index contributed by atoms with van der Waals surface area (Å²) in [4.78, 5) is 2.91. The van der Waals surface area contributed by atoms with Gasteiger partial charge in [0.05, 0.1) is 11.2 Å². The van der Waals surface area contributed by atoms with Gasteiger partial charge in [-0.2, -0.15) is 5.10 Å². The van der Waals surface area contributed by atoms with Gasteiger partial charge in [-0.1, -0.05) is 26.1 Å². The third kappa shape index (κ3) is 3.90. The first-order valence-corrected chi connectivity index (χ1v) is 5.93. The van der Waals surface area contributed by atoms with E-state index in [0.717, 1.165) is 19.6 Å². The van der Waals surface area contributed by atoms with Crippen molar-refractivity contribution < 1.29 is 0 Å². The van der Waals surface area contributed by atoms with Crippen molar-refractivity contribution in [1.29, 1.82) is 0 Å². The topological polar surface area (TPSA) is 47.1 Å². The van der Waals surface area contributed by atoms with E-state index < -0.39 is 0 Å². The lowest BCUT2D eigenvalue weighted by atomic mass is 10.1. The lowest BCUT2D eigenvalue weighted by molar-refractivity contribution is 0.264. The fraction of sp³-hybridized carbons (Fsp3) is 0.636. The van der Waals surface area contributed by atoms with Crippen LogP contribution in [0.3, 0.4) is 0 Å². The number of hydrogen-bond donors (Lipinski definition) is 1. The first-order valence-electron chi connectivity index (χ1n) is 5.52. The Hall–Kier alpha value is -0.940. The molecule has 0 saturated heterocycles. The van der Waals surface area contributed by atoms with Crippen LogP contribution in [-0.2, 0) is 13.6 Å². The number of rotatable bonds is 6.